The maximum Gasteiger partial charge on any atom is 0.237 e. The van der Waals surface area contributed by atoms with Crippen molar-refractivity contribution in [3.63, 3.8) is 0 Å². The molecule has 0 bridgehead atoms. The summed E-state index contributed by atoms with van der Waals surface area (Å²) in [5.74, 6) is -0.916. The molecule has 0 saturated carbocycles. The van der Waals surface area contributed by atoms with E-state index in [1.165, 1.54) is 6.07 Å². The van der Waals surface area contributed by atoms with E-state index < -0.39 is 17.2 Å². The molecular weight excluding hydrogens is 388 g/mol. The van der Waals surface area contributed by atoms with E-state index in [0.717, 1.165) is 17.7 Å². The maximum atomic E-state index is 14.1. The minimum Gasteiger partial charge on any atom is -0.394 e. The maximum absolute atomic E-state index is 14.1. The number of halogens is 2. The largest absolute Gasteiger partial charge is 0.394 e. The van der Waals surface area contributed by atoms with Crippen molar-refractivity contribution in [3.05, 3.63) is 71.3 Å². The molecule has 1 spiro atoms. The molecule has 2 saturated heterocycles. The van der Waals surface area contributed by atoms with Crippen LogP contribution in [0.5, 0.6) is 0 Å². The highest BCUT2D eigenvalue weighted by atomic mass is 19.1. The molecule has 1 N–H and O–H groups in total. The lowest BCUT2D eigenvalue weighted by Gasteiger charge is -2.70. The third kappa shape index (κ3) is 3.51. The molecule has 30 heavy (non-hydrogen) atoms. The van der Waals surface area contributed by atoms with Crippen LogP contribution in [-0.2, 0) is 11.3 Å². The molecule has 2 heterocycles. The third-order valence-corrected chi connectivity index (χ3v) is 6.24. The van der Waals surface area contributed by atoms with Gasteiger partial charge in [0.05, 0.1) is 24.7 Å². The molecule has 2 aromatic rings. The molecule has 2 fully saturated rings. The number of benzene rings is 2. The first-order chi connectivity index (χ1) is 14.4. The number of carbonyl (C=O) groups excluding carboxylic acids is 1. The van der Waals surface area contributed by atoms with Crippen molar-refractivity contribution in [1.82, 2.24) is 14.7 Å². The monoisotopic (exact) mass is 415 g/mol. The highest BCUT2D eigenvalue weighted by Gasteiger charge is 2.66. The van der Waals surface area contributed by atoms with Crippen LogP contribution in [0.3, 0.4) is 0 Å². The lowest BCUT2D eigenvalue weighted by molar-refractivity contribution is -0.202. The Hall–Kier alpha value is -2.35. The first-order valence-corrected chi connectivity index (χ1v) is 10.1. The lowest BCUT2D eigenvalue weighted by atomic mass is 9.60. The van der Waals surface area contributed by atoms with Crippen LogP contribution < -0.4 is 0 Å². The summed E-state index contributed by atoms with van der Waals surface area (Å²) in [5, 5.41) is 10.1. The van der Waals surface area contributed by atoms with Gasteiger partial charge in [0.2, 0.25) is 5.91 Å². The van der Waals surface area contributed by atoms with E-state index in [4.69, 9.17) is 0 Å². The number of hydrogen-bond donors (Lipinski definition) is 1. The molecule has 2 aliphatic rings. The van der Waals surface area contributed by atoms with E-state index in [1.807, 2.05) is 59.1 Å². The summed E-state index contributed by atoms with van der Waals surface area (Å²) in [5.41, 5.74) is 0.957. The Morgan fingerprint density at radius 1 is 1.17 bits per heavy atom. The summed E-state index contributed by atoms with van der Waals surface area (Å²) < 4.78 is 27.6. The summed E-state index contributed by atoms with van der Waals surface area (Å²) in [6.45, 7) is 1.54. The minimum absolute atomic E-state index is 0.00317. The molecule has 7 heteroatoms. The van der Waals surface area contributed by atoms with Crippen LogP contribution in [0, 0.1) is 11.6 Å². The molecule has 1 amide bonds. The number of rotatable bonds is 6. The first kappa shape index (κ1) is 20.9. The first-order valence-electron chi connectivity index (χ1n) is 10.1. The molecule has 2 atom stereocenters. The predicted octanol–water partition coefficient (Wildman–Crippen LogP) is 2.07. The number of nitrogens with zero attached hydrogens (tertiary/aromatic N) is 3. The Morgan fingerprint density at radius 3 is 2.50 bits per heavy atom. The van der Waals surface area contributed by atoms with Gasteiger partial charge in [-0.05, 0) is 37.9 Å². The Labute approximate surface area is 175 Å². The van der Waals surface area contributed by atoms with Crippen LogP contribution >= 0.6 is 0 Å². The van der Waals surface area contributed by atoms with E-state index in [1.54, 1.807) is 0 Å². The van der Waals surface area contributed by atoms with Crippen molar-refractivity contribution in [2.75, 3.05) is 40.3 Å². The van der Waals surface area contributed by atoms with Crippen LogP contribution in [0.15, 0.2) is 48.5 Å². The molecule has 0 aliphatic carbocycles. The van der Waals surface area contributed by atoms with Gasteiger partial charge in [0, 0.05) is 31.1 Å². The second kappa shape index (κ2) is 8.06. The van der Waals surface area contributed by atoms with E-state index in [2.05, 4.69) is 0 Å². The van der Waals surface area contributed by atoms with E-state index >= 15 is 0 Å². The fourth-order valence-corrected chi connectivity index (χ4v) is 5.16. The Morgan fingerprint density at radius 2 is 1.87 bits per heavy atom. The van der Waals surface area contributed by atoms with Crippen molar-refractivity contribution in [2.45, 2.75) is 24.0 Å². The standard InChI is InChI=1S/C23H27F2N3O2/c1-26(2)12-21(30)28-20(13-29)22(16-6-4-3-5-7-16)23(28)14-27(15-23)11-17-10-18(24)8-9-19(17)25/h3-10,20,22,29H,11-15H2,1-2H3/t20-,22-/m1/s1. The van der Waals surface area contributed by atoms with Gasteiger partial charge in [-0.15, -0.1) is 0 Å². The van der Waals surface area contributed by atoms with Crippen molar-refractivity contribution in [2.24, 2.45) is 0 Å². The Kier molecular flexibility index (Phi) is 5.61. The number of aliphatic hydroxyl groups is 1. The van der Waals surface area contributed by atoms with Gasteiger partial charge < -0.3 is 14.9 Å². The molecule has 2 aliphatic heterocycles. The molecule has 4 rings (SSSR count). The number of likely N-dealkylation sites (N-methyl/N-ethyl adjacent to an activating group) is 1. The zero-order valence-corrected chi connectivity index (χ0v) is 17.3. The summed E-state index contributed by atoms with van der Waals surface area (Å²) in [7, 11) is 3.68. The molecule has 2 aromatic carbocycles. The molecule has 5 nitrogen and oxygen atoms in total. The zero-order valence-electron chi connectivity index (χ0n) is 17.3. The topological polar surface area (TPSA) is 47.0 Å². The average Bonchev–Trinajstić information content (AvgIpc) is 2.65. The van der Waals surface area contributed by atoms with Gasteiger partial charge in [0.1, 0.15) is 11.6 Å². The Balaban J connectivity index is 1.59. The van der Waals surface area contributed by atoms with Gasteiger partial charge in [0.25, 0.3) is 0 Å². The average molecular weight is 415 g/mol. The smallest absolute Gasteiger partial charge is 0.237 e. The number of likely N-dealkylation sites (tertiary alicyclic amines) is 2. The van der Waals surface area contributed by atoms with Gasteiger partial charge in [-0.2, -0.15) is 0 Å². The molecule has 0 aromatic heterocycles. The van der Waals surface area contributed by atoms with Crippen molar-refractivity contribution in [1.29, 1.82) is 0 Å². The SMILES string of the molecule is CN(C)CC(=O)N1[C@H](CO)[C@@H](c2ccccc2)C12CN(Cc1cc(F)ccc1F)C2. The van der Waals surface area contributed by atoms with Gasteiger partial charge in [-0.3, -0.25) is 9.69 Å². The quantitative estimate of drug-likeness (QED) is 0.785. The zero-order chi connectivity index (χ0) is 21.5. The number of hydrogen-bond acceptors (Lipinski definition) is 4. The lowest BCUT2D eigenvalue weighted by Crippen LogP contribution is -2.85. The van der Waals surface area contributed by atoms with Crippen molar-refractivity contribution >= 4 is 5.91 Å². The molecule has 0 radical (unpaired) electrons. The van der Waals surface area contributed by atoms with Crippen LogP contribution in [-0.4, -0.2) is 77.6 Å². The van der Waals surface area contributed by atoms with E-state index in [-0.39, 0.29) is 37.6 Å². The number of amides is 1. The number of carbonyl (C=O) groups is 1. The van der Waals surface area contributed by atoms with Crippen molar-refractivity contribution < 1.29 is 18.7 Å². The summed E-state index contributed by atoms with van der Waals surface area (Å²) in [6, 6.07) is 13.1. The van der Waals surface area contributed by atoms with E-state index in [9.17, 15) is 18.7 Å². The molecule has 160 valence electrons. The summed E-state index contributed by atoms with van der Waals surface area (Å²) in [4.78, 5) is 18.7. The molecular formula is C23H27F2N3O2. The van der Waals surface area contributed by atoms with Gasteiger partial charge >= 0.3 is 0 Å². The predicted molar refractivity (Wildman–Crippen MR) is 110 cm³/mol. The fourth-order valence-electron chi connectivity index (χ4n) is 5.16. The van der Waals surface area contributed by atoms with E-state index in [0.29, 0.717) is 18.7 Å². The highest BCUT2D eigenvalue weighted by Crippen LogP contribution is 2.54. The second-order valence-electron chi connectivity index (χ2n) is 8.62. The minimum atomic E-state index is -0.462. The van der Waals surface area contributed by atoms with Crippen LogP contribution in [0.25, 0.3) is 0 Å². The van der Waals surface area contributed by atoms with Crippen LogP contribution in [0.1, 0.15) is 17.0 Å². The normalized spacial score (nSPS) is 22.8. The second-order valence-corrected chi connectivity index (χ2v) is 8.62. The van der Waals surface area contributed by atoms with Crippen LogP contribution in [0.4, 0.5) is 8.78 Å². The van der Waals surface area contributed by atoms with Gasteiger partial charge in [0.15, 0.2) is 0 Å². The van der Waals surface area contributed by atoms with Gasteiger partial charge in [-0.1, -0.05) is 30.3 Å². The van der Waals surface area contributed by atoms with Gasteiger partial charge in [-0.25, -0.2) is 8.78 Å². The fraction of sp³-hybridized carbons (Fsp3) is 0.435. The van der Waals surface area contributed by atoms with Crippen LogP contribution in [0.2, 0.25) is 0 Å². The number of aliphatic hydroxyl groups excluding tert-OH is 1. The Bertz CT molecular complexity index is 916. The van der Waals surface area contributed by atoms with Crippen molar-refractivity contribution in [3.8, 4) is 0 Å². The summed E-state index contributed by atoms with van der Waals surface area (Å²) in [6.07, 6.45) is 0. The summed E-state index contributed by atoms with van der Waals surface area (Å²) >= 11 is 0. The highest BCUT2D eigenvalue weighted by molar-refractivity contribution is 5.82. The molecule has 0 unspecified atom stereocenters. The third-order valence-electron chi connectivity index (χ3n) is 6.24.